The maximum Gasteiger partial charge on any atom is 0.352 e. The average molecular weight is 344 g/mol. The third-order valence-corrected chi connectivity index (χ3v) is 5.97. The fourth-order valence-corrected chi connectivity index (χ4v) is 3.83. The molecule has 0 saturated carbocycles. The van der Waals surface area contributed by atoms with Gasteiger partial charge in [0.15, 0.2) is 0 Å². The molecule has 0 aliphatic rings. The second-order valence-corrected chi connectivity index (χ2v) is 7.89. The lowest BCUT2D eigenvalue weighted by molar-refractivity contribution is 0.248. The number of hydrogen-bond donors (Lipinski definition) is 1. The Kier molecular flexibility index (Phi) is 4.55. The van der Waals surface area contributed by atoms with Gasteiger partial charge in [0.25, 0.3) is 15.6 Å². The predicted octanol–water partition coefficient (Wildman–Crippen LogP) is 1.89. The van der Waals surface area contributed by atoms with Crippen molar-refractivity contribution in [3.8, 4) is 0 Å². The molecule has 0 unspecified atom stereocenters. The second-order valence-electron chi connectivity index (χ2n) is 4.12. The Morgan fingerprint density at radius 2 is 1.90 bits per heavy atom. The topological polar surface area (TPSA) is 85.2 Å². The van der Waals surface area contributed by atoms with Gasteiger partial charge in [-0.1, -0.05) is 17.7 Å². The molecule has 6 nitrogen and oxygen atoms in total. The highest BCUT2D eigenvalue weighted by Gasteiger charge is 2.20. The Labute approximate surface area is 130 Å². The van der Waals surface area contributed by atoms with Gasteiger partial charge in [0.2, 0.25) is 0 Å². The molecular weight excluding hydrogens is 332 g/mol. The summed E-state index contributed by atoms with van der Waals surface area (Å²) in [6.07, 6.45) is 1.76. The summed E-state index contributed by atoms with van der Waals surface area (Å²) in [5, 5.41) is 0. The van der Waals surface area contributed by atoms with E-state index in [0.29, 0.717) is 4.21 Å². The molecule has 0 fully saturated rings. The lowest BCUT2D eigenvalue weighted by atomic mass is 10.2. The molecule has 0 saturated heterocycles. The number of rotatable bonds is 3. The van der Waals surface area contributed by atoms with Crippen molar-refractivity contribution in [1.82, 2.24) is 8.68 Å². The summed E-state index contributed by atoms with van der Waals surface area (Å²) < 4.78 is 27.4. The molecule has 1 amide bonds. The van der Waals surface area contributed by atoms with Crippen LogP contribution in [0.25, 0.3) is 0 Å². The van der Waals surface area contributed by atoms with Gasteiger partial charge in [0, 0.05) is 6.07 Å². The van der Waals surface area contributed by atoms with Crippen molar-refractivity contribution in [1.29, 1.82) is 0 Å². The summed E-state index contributed by atoms with van der Waals surface area (Å²) in [5.74, 6) is 0. The Bertz CT molecular complexity index is 819. The zero-order valence-electron chi connectivity index (χ0n) is 11.2. The Balaban J connectivity index is 2.27. The van der Waals surface area contributed by atoms with Crippen LogP contribution in [-0.4, -0.2) is 24.7 Å². The fourth-order valence-electron chi connectivity index (χ4n) is 1.49. The minimum absolute atomic E-state index is 0.0313. The molecule has 2 aromatic rings. The molecule has 0 radical (unpaired) electrons. The van der Waals surface area contributed by atoms with E-state index in [-0.39, 0.29) is 4.90 Å². The van der Waals surface area contributed by atoms with Crippen molar-refractivity contribution in [2.75, 3.05) is 6.26 Å². The normalized spacial score (nSPS) is 11.3. The highest BCUT2D eigenvalue weighted by molar-refractivity contribution is 8.00. The van der Waals surface area contributed by atoms with Crippen LogP contribution in [0.4, 0.5) is 4.79 Å². The first-order chi connectivity index (χ1) is 9.83. The van der Waals surface area contributed by atoms with Crippen LogP contribution in [-0.2, 0) is 10.0 Å². The van der Waals surface area contributed by atoms with Crippen molar-refractivity contribution >= 4 is 39.3 Å². The van der Waals surface area contributed by atoms with Gasteiger partial charge in [-0.25, -0.2) is 17.9 Å². The van der Waals surface area contributed by atoms with Gasteiger partial charge in [0.1, 0.15) is 0 Å². The Morgan fingerprint density at radius 3 is 2.43 bits per heavy atom. The van der Waals surface area contributed by atoms with E-state index in [4.69, 9.17) is 0 Å². The monoisotopic (exact) mass is 344 g/mol. The highest BCUT2D eigenvalue weighted by atomic mass is 32.2. The van der Waals surface area contributed by atoms with Crippen LogP contribution in [0.15, 0.2) is 44.2 Å². The van der Waals surface area contributed by atoms with Crippen LogP contribution in [0.2, 0.25) is 0 Å². The van der Waals surface area contributed by atoms with E-state index in [9.17, 15) is 18.0 Å². The molecule has 9 heteroatoms. The van der Waals surface area contributed by atoms with Gasteiger partial charge in [0.05, 0.1) is 9.10 Å². The first-order valence-electron chi connectivity index (χ1n) is 5.74. The van der Waals surface area contributed by atoms with Gasteiger partial charge in [-0.3, -0.25) is 4.79 Å². The van der Waals surface area contributed by atoms with Crippen molar-refractivity contribution in [2.24, 2.45) is 0 Å². The third-order valence-electron chi connectivity index (χ3n) is 2.56. The van der Waals surface area contributed by atoms with Gasteiger partial charge in [-0.05, 0) is 36.8 Å². The molecule has 112 valence electrons. The number of aryl methyl sites for hydroxylation is 1. The number of amides is 1. The zero-order chi connectivity index (χ0) is 15.6. The van der Waals surface area contributed by atoms with Crippen LogP contribution in [0.5, 0.6) is 0 Å². The number of benzene rings is 1. The lowest BCUT2D eigenvalue weighted by Crippen LogP contribution is -2.37. The summed E-state index contributed by atoms with van der Waals surface area (Å²) in [7, 11) is -4.00. The van der Waals surface area contributed by atoms with E-state index >= 15 is 0 Å². The van der Waals surface area contributed by atoms with Crippen molar-refractivity contribution < 1.29 is 13.2 Å². The Morgan fingerprint density at radius 1 is 1.29 bits per heavy atom. The van der Waals surface area contributed by atoms with Gasteiger partial charge in [-0.2, -0.15) is 3.96 Å². The number of carbonyl (C=O) groups is 1. The number of nitrogens with one attached hydrogen (secondary N) is 1. The summed E-state index contributed by atoms with van der Waals surface area (Å²) in [4.78, 5) is 23.5. The third kappa shape index (κ3) is 3.55. The first-order valence-corrected chi connectivity index (χ1v) is 9.23. The zero-order valence-corrected chi connectivity index (χ0v) is 13.6. The molecule has 21 heavy (non-hydrogen) atoms. The minimum atomic E-state index is -4.00. The molecule has 0 aliphatic carbocycles. The number of aromatic nitrogens is 1. The molecule has 1 heterocycles. The molecule has 0 spiro atoms. The van der Waals surface area contributed by atoms with E-state index in [0.717, 1.165) is 21.1 Å². The van der Waals surface area contributed by atoms with Crippen molar-refractivity contribution in [3.05, 3.63) is 46.2 Å². The predicted molar refractivity (Wildman–Crippen MR) is 82.7 cm³/mol. The smallest absolute Gasteiger partial charge is 0.268 e. The van der Waals surface area contributed by atoms with E-state index < -0.39 is 21.6 Å². The maximum absolute atomic E-state index is 12.1. The van der Waals surface area contributed by atoms with Crippen LogP contribution >= 0.6 is 23.3 Å². The number of carbonyl (C=O) groups excluding carboxylic acids is 1. The molecule has 0 bridgehead atoms. The largest absolute Gasteiger partial charge is 0.352 e. The summed E-state index contributed by atoms with van der Waals surface area (Å²) in [6.45, 7) is 1.82. The lowest BCUT2D eigenvalue weighted by Gasteiger charge is -2.06. The molecule has 2 rings (SSSR count). The number of thioether (sulfide) groups is 1. The SMILES string of the molecule is CSc1cc(=O)n(C(=O)NS(=O)(=O)c2ccc(C)cc2)s1. The molecule has 1 aromatic heterocycles. The minimum Gasteiger partial charge on any atom is -0.268 e. The first kappa shape index (κ1) is 15.8. The quantitative estimate of drug-likeness (QED) is 0.860. The van der Waals surface area contributed by atoms with Crippen LogP contribution in [0, 0.1) is 6.92 Å². The van der Waals surface area contributed by atoms with E-state index in [1.165, 1.54) is 30.0 Å². The molecule has 0 aliphatic heterocycles. The summed E-state index contributed by atoms with van der Waals surface area (Å²) in [6, 6.07) is 6.36. The molecule has 0 atom stereocenters. The fraction of sp³-hybridized carbons (Fsp3) is 0.167. The standard InChI is InChI=1S/C12H12N2O4S3/c1-8-3-5-9(6-4-8)21(17,18)13-12(16)14-10(15)7-11(19-2)20-14/h3-7H,1-2H3,(H,13,16). The number of sulfonamides is 1. The Hall–Kier alpha value is -1.58. The second kappa shape index (κ2) is 6.04. The van der Waals surface area contributed by atoms with E-state index in [2.05, 4.69) is 0 Å². The highest BCUT2D eigenvalue weighted by Crippen LogP contribution is 2.18. The summed E-state index contributed by atoms with van der Waals surface area (Å²) >= 11 is 2.20. The van der Waals surface area contributed by atoms with Gasteiger partial charge >= 0.3 is 6.03 Å². The van der Waals surface area contributed by atoms with Crippen molar-refractivity contribution in [2.45, 2.75) is 16.0 Å². The van der Waals surface area contributed by atoms with Crippen LogP contribution < -0.4 is 10.3 Å². The van der Waals surface area contributed by atoms with Gasteiger partial charge in [-0.15, -0.1) is 11.8 Å². The average Bonchev–Trinajstić information content (AvgIpc) is 2.80. The molecule has 1 N–H and O–H groups in total. The van der Waals surface area contributed by atoms with Gasteiger partial charge < -0.3 is 0 Å². The number of nitrogens with zero attached hydrogens (tertiary/aromatic N) is 1. The van der Waals surface area contributed by atoms with Crippen LogP contribution in [0.3, 0.4) is 0 Å². The molecular formula is C12H12N2O4S3. The van der Waals surface area contributed by atoms with E-state index in [1.54, 1.807) is 18.4 Å². The van der Waals surface area contributed by atoms with Crippen LogP contribution in [0.1, 0.15) is 5.56 Å². The number of hydrogen-bond acceptors (Lipinski definition) is 6. The maximum atomic E-state index is 12.1. The summed E-state index contributed by atoms with van der Waals surface area (Å²) in [5.41, 5.74) is 0.348. The molecule has 1 aromatic carbocycles. The van der Waals surface area contributed by atoms with Crippen molar-refractivity contribution in [3.63, 3.8) is 0 Å². The van der Waals surface area contributed by atoms with E-state index in [1.807, 2.05) is 11.6 Å².